The van der Waals surface area contributed by atoms with Gasteiger partial charge in [0.05, 0.1) is 5.92 Å². The molecule has 0 spiro atoms. The standard InChI is InChI=1S/C23H31F3N2O2/c1-4-21(2,3)17-13-14-19-18(15-17)22(30,23(24,25)26)28(27-19)20(29)12-8-11-16-9-6-5-7-10-16/h5-7,9-10,17-18,30H,4,8,11-15H2,1-3H3/t17-,18-,22-/m1/s1. The van der Waals surface area contributed by atoms with Gasteiger partial charge in [0.15, 0.2) is 0 Å². The fraction of sp³-hybridized carbons (Fsp3) is 0.652. The Morgan fingerprint density at radius 1 is 1.27 bits per heavy atom. The number of aliphatic hydroxyl groups is 1. The first-order valence-electron chi connectivity index (χ1n) is 10.7. The highest BCUT2D eigenvalue weighted by Crippen LogP contribution is 2.52. The monoisotopic (exact) mass is 424 g/mol. The van der Waals surface area contributed by atoms with E-state index in [1.807, 2.05) is 51.1 Å². The van der Waals surface area contributed by atoms with E-state index in [0.29, 0.717) is 30.0 Å². The molecule has 1 fully saturated rings. The van der Waals surface area contributed by atoms with E-state index in [1.165, 1.54) is 0 Å². The number of carbonyl (C=O) groups excluding carboxylic acids is 1. The molecule has 1 amide bonds. The van der Waals surface area contributed by atoms with Crippen LogP contribution in [0, 0.1) is 17.3 Å². The summed E-state index contributed by atoms with van der Waals surface area (Å²) >= 11 is 0. The van der Waals surface area contributed by atoms with Crippen LogP contribution in [-0.2, 0) is 11.2 Å². The quantitative estimate of drug-likeness (QED) is 0.673. The minimum atomic E-state index is -4.98. The largest absolute Gasteiger partial charge is 0.439 e. The number of benzene rings is 1. The normalized spacial score (nSPS) is 27.0. The van der Waals surface area contributed by atoms with Crippen molar-refractivity contribution in [1.29, 1.82) is 0 Å². The van der Waals surface area contributed by atoms with Crippen LogP contribution in [0.4, 0.5) is 13.2 Å². The lowest BCUT2D eigenvalue weighted by Gasteiger charge is -2.43. The average molecular weight is 425 g/mol. The van der Waals surface area contributed by atoms with E-state index in [4.69, 9.17) is 0 Å². The summed E-state index contributed by atoms with van der Waals surface area (Å²) in [5.74, 6) is -1.94. The predicted octanol–water partition coefficient (Wildman–Crippen LogP) is 5.31. The zero-order valence-corrected chi connectivity index (χ0v) is 17.9. The molecule has 0 aromatic heterocycles. The highest BCUT2D eigenvalue weighted by molar-refractivity contribution is 5.93. The zero-order valence-electron chi connectivity index (χ0n) is 17.9. The summed E-state index contributed by atoms with van der Waals surface area (Å²) in [6.07, 6.45) is -1.97. The van der Waals surface area contributed by atoms with E-state index in [9.17, 15) is 23.1 Å². The van der Waals surface area contributed by atoms with Crippen molar-refractivity contribution < 1.29 is 23.1 Å². The van der Waals surface area contributed by atoms with Gasteiger partial charge in [-0.1, -0.05) is 57.5 Å². The van der Waals surface area contributed by atoms with Gasteiger partial charge in [-0.15, -0.1) is 0 Å². The van der Waals surface area contributed by atoms with Gasteiger partial charge in [0, 0.05) is 12.1 Å². The molecule has 30 heavy (non-hydrogen) atoms. The Labute approximate surface area is 176 Å². The van der Waals surface area contributed by atoms with Gasteiger partial charge in [-0.2, -0.15) is 23.3 Å². The minimum Gasteiger partial charge on any atom is -0.362 e. The van der Waals surface area contributed by atoms with Crippen LogP contribution >= 0.6 is 0 Å². The van der Waals surface area contributed by atoms with Gasteiger partial charge in [0.1, 0.15) is 0 Å². The Balaban J connectivity index is 1.77. The highest BCUT2D eigenvalue weighted by atomic mass is 19.4. The molecule has 0 radical (unpaired) electrons. The summed E-state index contributed by atoms with van der Waals surface area (Å²) in [7, 11) is 0. The van der Waals surface area contributed by atoms with Gasteiger partial charge >= 0.3 is 6.18 Å². The molecule has 1 aliphatic heterocycles. The molecule has 2 aliphatic rings. The van der Waals surface area contributed by atoms with Crippen LogP contribution in [0.15, 0.2) is 35.4 Å². The summed E-state index contributed by atoms with van der Waals surface area (Å²) in [4.78, 5) is 12.7. The number of hydrogen-bond acceptors (Lipinski definition) is 3. The number of rotatable bonds is 6. The second-order valence-corrected chi connectivity index (χ2v) is 9.23. The van der Waals surface area contributed by atoms with E-state index in [1.54, 1.807) is 0 Å². The molecule has 7 heteroatoms. The third kappa shape index (κ3) is 4.13. The maximum absolute atomic E-state index is 14.1. The average Bonchev–Trinajstić information content (AvgIpc) is 3.02. The lowest BCUT2D eigenvalue weighted by atomic mass is 9.64. The number of carbonyl (C=O) groups is 1. The Kier molecular flexibility index (Phi) is 6.33. The Morgan fingerprint density at radius 2 is 1.93 bits per heavy atom. The van der Waals surface area contributed by atoms with Gasteiger partial charge in [-0.25, -0.2) is 0 Å². The van der Waals surface area contributed by atoms with Gasteiger partial charge in [0.25, 0.3) is 5.72 Å². The molecule has 0 bridgehead atoms. The molecule has 4 nitrogen and oxygen atoms in total. The number of halogens is 3. The van der Waals surface area contributed by atoms with Crippen molar-refractivity contribution in [3.8, 4) is 0 Å². The zero-order chi connectivity index (χ0) is 22.2. The summed E-state index contributed by atoms with van der Waals surface area (Å²) < 4.78 is 42.3. The molecule has 166 valence electrons. The van der Waals surface area contributed by atoms with Crippen LogP contribution < -0.4 is 0 Å². The van der Waals surface area contributed by atoms with Crippen LogP contribution in [0.3, 0.4) is 0 Å². The van der Waals surface area contributed by atoms with Crippen LogP contribution in [0.5, 0.6) is 0 Å². The molecular formula is C23H31F3N2O2. The van der Waals surface area contributed by atoms with Crippen molar-refractivity contribution in [2.24, 2.45) is 22.4 Å². The molecule has 3 atom stereocenters. The Bertz CT molecular complexity index is 791. The lowest BCUT2D eigenvalue weighted by Crippen LogP contribution is -2.62. The van der Waals surface area contributed by atoms with Crippen molar-refractivity contribution in [3.63, 3.8) is 0 Å². The van der Waals surface area contributed by atoms with Gasteiger partial charge in [-0.05, 0) is 49.0 Å². The molecule has 1 heterocycles. The van der Waals surface area contributed by atoms with E-state index in [-0.39, 0.29) is 24.2 Å². The smallest absolute Gasteiger partial charge is 0.362 e. The number of nitrogens with zero attached hydrogens (tertiary/aromatic N) is 2. The third-order valence-electron chi connectivity index (χ3n) is 7.08. The van der Waals surface area contributed by atoms with Crippen molar-refractivity contribution in [2.75, 3.05) is 0 Å². The van der Waals surface area contributed by atoms with E-state index in [0.717, 1.165) is 18.4 Å². The third-order valence-corrected chi connectivity index (χ3v) is 7.08. The number of aryl methyl sites for hydroxylation is 1. The fourth-order valence-corrected chi connectivity index (χ4v) is 4.66. The van der Waals surface area contributed by atoms with Crippen LogP contribution in [-0.4, -0.2) is 33.6 Å². The molecular weight excluding hydrogens is 393 g/mol. The van der Waals surface area contributed by atoms with Crippen molar-refractivity contribution in [1.82, 2.24) is 5.01 Å². The summed E-state index contributed by atoms with van der Waals surface area (Å²) in [6, 6.07) is 9.47. The van der Waals surface area contributed by atoms with Crippen molar-refractivity contribution in [2.45, 2.75) is 77.6 Å². The molecule has 1 saturated carbocycles. The summed E-state index contributed by atoms with van der Waals surface area (Å²) in [6.45, 7) is 6.12. The SMILES string of the molecule is CCC(C)(C)[C@@H]1CCC2=NN(C(=O)CCCc3ccccc3)[C@](O)(C(F)(F)F)[C@@H]2C1. The topological polar surface area (TPSA) is 52.9 Å². The van der Waals surface area contributed by atoms with Crippen LogP contribution in [0.2, 0.25) is 0 Å². The van der Waals surface area contributed by atoms with E-state index < -0.39 is 23.7 Å². The van der Waals surface area contributed by atoms with Crippen LogP contribution in [0.25, 0.3) is 0 Å². The molecule has 1 N–H and O–H groups in total. The molecule has 1 aromatic carbocycles. The first-order chi connectivity index (χ1) is 14.0. The maximum Gasteiger partial charge on any atom is 0.439 e. The van der Waals surface area contributed by atoms with Crippen LogP contribution in [0.1, 0.15) is 64.9 Å². The molecule has 0 unspecified atom stereocenters. The molecule has 3 rings (SSSR count). The Morgan fingerprint density at radius 3 is 2.53 bits per heavy atom. The molecule has 0 saturated heterocycles. The fourth-order valence-electron chi connectivity index (χ4n) is 4.66. The number of hydrogen-bond donors (Lipinski definition) is 1. The van der Waals surface area contributed by atoms with Crippen molar-refractivity contribution >= 4 is 11.6 Å². The molecule has 1 aliphatic carbocycles. The second kappa shape index (κ2) is 8.33. The Hall–Kier alpha value is -1.89. The summed E-state index contributed by atoms with van der Waals surface area (Å²) in [5, 5.41) is 15.3. The number of hydrazone groups is 1. The number of amides is 1. The van der Waals surface area contributed by atoms with E-state index in [2.05, 4.69) is 5.10 Å². The predicted molar refractivity (Wildman–Crippen MR) is 110 cm³/mol. The van der Waals surface area contributed by atoms with Gasteiger partial charge < -0.3 is 5.11 Å². The maximum atomic E-state index is 14.1. The first-order valence-corrected chi connectivity index (χ1v) is 10.7. The van der Waals surface area contributed by atoms with Gasteiger partial charge in [-0.3, -0.25) is 4.79 Å². The minimum absolute atomic E-state index is 0.0356. The first kappa shape index (κ1) is 22.8. The van der Waals surface area contributed by atoms with Crippen molar-refractivity contribution in [3.05, 3.63) is 35.9 Å². The summed E-state index contributed by atoms with van der Waals surface area (Å²) in [5.41, 5.74) is -2.07. The van der Waals surface area contributed by atoms with Gasteiger partial charge in [0.2, 0.25) is 5.91 Å². The van der Waals surface area contributed by atoms with E-state index >= 15 is 0 Å². The highest BCUT2D eigenvalue weighted by Gasteiger charge is 2.69. The molecule has 1 aromatic rings. The second-order valence-electron chi connectivity index (χ2n) is 9.23. The lowest BCUT2D eigenvalue weighted by molar-refractivity contribution is -0.318. The number of alkyl halides is 3. The number of fused-ring (bicyclic) bond motifs is 1.